The van der Waals surface area contributed by atoms with Crippen molar-refractivity contribution in [3.63, 3.8) is 0 Å². The molecule has 0 amide bonds. The summed E-state index contributed by atoms with van der Waals surface area (Å²) in [6.45, 7) is 16.9. The van der Waals surface area contributed by atoms with Crippen LogP contribution in [0.25, 0.3) is 0 Å². The van der Waals surface area contributed by atoms with E-state index in [1.807, 2.05) is 0 Å². The summed E-state index contributed by atoms with van der Waals surface area (Å²) < 4.78 is 0. The molecule has 5 aliphatic rings. The van der Waals surface area contributed by atoms with E-state index >= 15 is 0 Å². The minimum atomic E-state index is -1.72. The van der Waals surface area contributed by atoms with Crippen LogP contribution in [0.4, 0.5) is 0 Å². The number of hydrogen-bond acceptors (Lipinski definition) is 3. The van der Waals surface area contributed by atoms with E-state index in [0.29, 0.717) is 17.8 Å². The first kappa shape index (κ1) is 26.0. The highest BCUT2D eigenvalue weighted by molar-refractivity contribution is 5.79. The van der Waals surface area contributed by atoms with E-state index in [1.165, 1.54) is 25.7 Å². The number of carboxylic acids is 1. The van der Waals surface area contributed by atoms with Crippen molar-refractivity contribution in [2.75, 3.05) is 6.61 Å². The Hall–Kier alpha value is -0.610. The summed E-state index contributed by atoms with van der Waals surface area (Å²) in [5.74, 6) is 2.04. The molecule has 0 aromatic rings. The van der Waals surface area contributed by atoms with Crippen molar-refractivity contribution in [3.05, 3.63) is 0 Å². The molecular formula is C31H52O4. The predicted molar refractivity (Wildman–Crippen MR) is 139 cm³/mol. The predicted octanol–water partition coefficient (Wildman–Crippen LogP) is 6.53. The minimum absolute atomic E-state index is 0.0000373. The Bertz CT molecular complexity index is 887. The van der Waals surface area contributed by atoms with Gasteiger partial charge in [0, 0.05) is 12.0 Å². The highest BCUT2D eigenvalue weighted by Gasteiger charge is 2.75. The zero-order chi connectivity index (χ0) is 25.8. The molecule has 3 N–H and O–H groups in total. The Morgan fingerprint density at radius 3 is 2.11 bits per heavy atom. The van der Waals surface area contributed by atoms with Gasteiger partial charge in [0.2, 0.25) is 0 Å². The van der Waals surface area contributed by atoms with Gasteiger partial charge in [-0.3, -0.25) is 0 Å². The molecule has 0 saturated heterocycles. The largest absolute Gasteiger partial charge is 0.479 e. The van der Waals surface area contributed by atoms with Gasteiger partial charge >= 0.3 is 5.97 Å². The molecule has 12 atom stereocenters. The summed E-state index contributed by atoms with van der Waals surface area (Å²) in [7, 11) is 0. The number of aliphatic hydroxyl groups excluding tert-OH is 1. The van der Waals surface area contributed by atoms with Crippen molar-refractivity contribution < 1.29 is 20.1 Å². The normalized spacial score (nSPS) is 60.0. The fourth-order valence-electron chi connectivity index (χ4n) is 12.0. The Morgan fingerprint density at radius 2 is 1.49 bits per heavy atom. The van der Waals surface area contributed by atoms with E-state index in [0.717, 1.165) is 43.4 Å². The first-order valence-corrected chi connectivity index (χ1v) is 14.7. The minimum Gasteiger partial charge on any atom is -0.479 e. The lowest BCUT2D eigenvalue weighted by molar-refractivity contribution is -0.294. The lowest BCUT2D eigenvalue weighted by atomic mass is 9.30. The van der Waals surface area contributed by atoms with Crippen molar-refractivity contribution in [2.45, 2.75) is 118 Å². The van der Waals surface area contributed by atoms with Crippen LogP contribution in [0.3, 0.4) is 0 Å². The lowest BCUT2D eigenvalue weighted by Crippen LogP contribution is -2.73. The second kappa shape index (κ2) is 7.71. The molecular weight excluding hydrogens is 436 g/mol. The molecule has 0 heterocycles. The van der Waals surface area contributed by atoms with Gasteiger partial charge in [-0.25, -0.2) is 4.79 Å². The molecule has 35 heavy (non-hydrogen) atoms. The third-order valence-electron chi connectivity index (χ3n) is 14.7. The van der Waals surface area contributed by atoms with Gasteiger partial charge < -0.3 is 15.3 Å². The molecule has 0 bridgehead atoms. The monoisotopic (exact) mass is 488 g/mol. The molecule has 2 unspecified atom stereocenters. The zero-order valence-corrected chi connectivity index (χ0v) is 23.5. The van der Waals surface area contributed by atoms with Gasteiger partial charge in [0.1, 0.15) is 0 Å². The van der Waals surface area contributed by atoms with E-state index in [-0.39, 0.29) is 41.1 Å². The number of carbonyl (C=O) groups is 1. The van der Waals surface area contributed by atoms with Crippen molar-refractivity contribution in [2.24, 2.45) is 62.6 Å². The quantitative estimate of drug-likeness (QED) is 0.413. The van der Waals surface area contributed by atoms with Crippen molar-refractivity contribution in [3.8, 4) is 0 Å². The molecule has 5 aliphatic carbocycles. The van der Waals surface area contributed by atoms with Gasteiger partial charge in [-0.2, -0.15) is 0 Å². The van der Waals surface area contributed by atoms with Crippen LogP contribution in [-0.2, 0) is 4.79 Å². The standard InChI is InChI=1S/C31H52O4/c1-19-10-12-26(3)14-16-28(5)21(24(26)20(19)2)8-9-23-29(28,6)13-11-22-27(4,18-32)15-17-31(35,25(33)34)30(22,23)7/h19-24,32,35H,8-18H2,1-7H3,(H,33,34)/t19-,20+,21-,22+,23+,24+,26-,27?,28-,29-,30+,31?/m1/s1. The highest BCUT2D eigenvalue weighted by Crippen LogP contribution is 2.78. The smallest absolute Gasteiger partial charge is 0.336 e. The van der Waals surface area contributed by atoms with E-state index in [9.17, 15) is 20.1 Å². The second-order valence-electron chi connectivity index (χ2n) is 15.5. The van der Waals surface area contributed by atoms with Crippen molar-refractivity contribution in [1.29, 1.82) is 0 Å². The molecule has 4 heteroatoms. The maximum atomic E-state index is 12.8. The molecule has 0 aliphatic heterocycles. The topological polar surface area (TPSA) is 77.8 Å². The van der Waals surface area contributed by atoms with Crippen LogP contribution >= 0.6 is 0 Å². The first-order valence-electron chi connectivity index (χ1n) is 14.7. The SMILES string of the molecule is C[C@@H]1[C@H]2[C@H]3CC[C@@H]4[C@]5(C)[C@@H](CC[C@@]4(C)[C@]3(C)CC[C@@]2(C)CC[C@H]1C)C(C)(CO)CCC5(O)C(=O)O. The van der Waals surface area contributed by atoms with Gasteiger partial charge in [0.25, 0.3) is 0 Å². The van der Waals surface area contributed by atoms with Gasteiger partial charge in [-0.05, 0) is 121 Å². The molecule has 0 spiro atoms. The molecule has 5 rings (SSSR count). The van der Waals surface area contributed by atoms with Crippen LogP contribution in [0.5, 0.6) is 0 Å². The fourth-order valence-corrected chi connectivity index (χ4v) is 12.0. The number of carboxylic acid groups (broad SMARTS) is 1. The number of aliphatic hydroxyl groups is 2. The summed E-state index contributed by atoms with van der Waals surface area (Å²) in [5.41, 5.74) is -2.19. The number of aliphatic carboxylic acids is 1. The summed E-state index contributed by atoms with van der Waals surface area (Å²) in [6.07, 6.45) is 10.2. The molecule has 0 aromatic carbocycles. The average molecular weight is 489 g/mol. The van der Waals surface area contributed by atoms with Crippen LogP contribution in [0.15, 0.2) is 0 Å². The van der Waals surface area contributed by atoms with E-state index < -0.39 is 17.0 Å². The van der Waals surface area contributed by atoms with Crippen LogP contribution in [0.2, 0.25) is 0 Å². The van der Waals surface area contributed by atoms with E-state index in [1.54, 1.807) is 0 Å². The van der Waals surface area contributed by atoms with Crippen molar-refractivity contribution in [1.82, 2.24) is 0 Å². The van der Waals surface area contributed by atoms with Gasteiger partial charge in [-0.15, -0.1) is 0 Å². The summed E-state index contributed by atoms with van der Waals surface area (Å²) in [6, 6.07) is 0. The molecule has 5 saturated carbocycles. The fraction of sp³-hybridized carbons (Fsp3) is 0.968. The maximum Gasteiger partial charge on any atom is 0.336 e. The van der Waals surface area contributed by atoms with E-state index in [2.05, 4.69) is 48.5 Å². The summed E-state index contributed by atoms with van der Waals surface area (Å²) in [5, 5.41) is 32.9. The van der Waals surface area contributed by atoms with Gasteiger partial charge in [0.05, 0.1) is 0 Å². The molecule has 0 radical (unpaired) electrons. The number of rotatable bonds is 2. The second-order valence-corrected chi connectivity index (χ2v) is 15.5. The van der Waals surface area contributed by atoms with Gasteiger partial charge in [0.15, 0.2) is 5.60 Å². The third-order valence-corrected chi connectivity index (χ3v) is 14.7. The van der Waals surface area contributed by atoms with Crippen LogP contribution in [-0.4, -0.2) is 33.5 Å². The Labute approximate surface area is 213 Å². The van der Waals surface area contributed by atoms with Gasteiger partial charge in [-0.1, -0.05) is 48.5 Å². The van der Waals surface area contributed by atoms with Crippen LogP contribution < -0.4 is 0 Å². The van der Waals surface area contributed by atoms with E-state index in [4.69, 9.17) is 0 Å². The Kier molecular flexibility index (Phi) is 5.73. The molecule has 200 valence electrons. The molecule has 0 aromatic heterocycles. The summed E-state index contributed by atoms with van der Waals surface area (Å²) in [4.78, 5) is 12.8. The van der Waals surface area contributed by atoms with Crippen molar-refractivity contribution >= 4 is 5.97 Å². The Morgan fingerprint density at radius 1 is 0.800 bits per heavy atom. The maximum absolute atomic E-state index is 12.8. The molecule has 4 nitrogen and oxygen atoms in total. The van der Waals surface area contributed by atoms with Crippen LogP contribution in [0, 0.1) is 62.6 Å². The summed E-state index contributed by atoms with van der Waals surface area (Å²) >= 11 is 0. The number of hydrogen-bond donors (Lipinski definition) is 3. The lowest BCUT2D eigenvalue weighted by Gasteiger charge is -2.75. The number of fused-ring (bicyclic) bond motifs is 7. The first-order chi connectivity index (χ1) is 16.1. The zero-order valence-electron chi connectivity index (χ0n) is 23.5. The molecule has 5 fully saturated rings. The third kappa shape index (κ3) is 2.96. The highest BCUT2D eigenvalue weighted by atomic mass is 16.4. The average Bonchev–Trinajstić information content (AvgIpc) is 2.80. The Balaban J connectivity index is 1.62. The van der Waals surface area contributed by atoms with Crippen LogP contribution in [0.1, 0.15) is 113 Å².